The summed E-state index contributed by atoms with van der Waals surface area (Å²) in [4.78, 5) is 30.5. The molecule has 0 amide bonds. The Bertz CT molecular complexity index is 1460. The van der Waals surface area contributed by atoms with Gasteiger partial charge in [0.25, 0.3) is 5.56 Å². The zero-order chi connectivity index (χ0) is 23.0. The summed E-state index contributed by atoms with van der Waals surface area (Å²) in [6, 6.07) is 9.94. The van der Waals surface area contributed by atoms with Crippen molar-refractivity contribution < 1.29 is 0 Å². The molecule has 0 radical (unpaired) electrons. The minimum Gasteiger partial charge on any atom is -0.382 e. The molecule has 0 fully saturated rings. The second-order valence-electron chi connectivity index (χ2n) is 7.02. The third-order valence-corrected chi connectivity index (χ3v) is 5.21. The van der Waals surface area contributed by atoms with Crippen LogP contribution in [0.5, 0.6) is 0 Å². The predicted molar refractivity (Wildman–Crippen MR) is 122 cm³/mol. The van der Waals surface area contributed by atoms with Crippen molar-refractivity contribution in [3.8, 4) is 11.8 Å². The van der Waals surface area contributed by atoms with Crippen LogP contribution in [0.2, 0.25) is 5.02 Å². The maximum atomic E-state index is 13.6. The Hall–Kier alpha value is -4.23. The standard InChI is InChI=1S/C21H18ClN9O/c1-10-15(7-4-8-26-10)31-19(28-14-6-3-5-13(22)16(14)20(31)32)11(2)27-18-12(9-23)17(24)29-21(25)30-18/h3-8,11H,1-2H3,(H5,24,25,27,29,30). The van der Waals surface area contributed by atoms with Crippen molar-refractivity contribution in [2.75, 3.05) is 16.8 Å². The first-order valence-electron chi connectivity index (χ1n) is 9.54. The molecule has 4 rings (SSSR count). The zero-order valence-electron chi connectivity index (χ0n) is 17.2. The summed E-state index contributed by atoms with van der Waals surface area (Å²) in [7, 11) is 0. The normalized spacial score (nSPS) is 11.8. The maximum absolute atomic E-state index is 13.6. The van der Waals surface area contributed by atoms with Gasteiger partial charge in [-0.2, -0.15) is 15.2 Å². The molecule has 0 saturated carbocycles. The fraction of sp³-hybridized carbons (Fsp3) is 0.143. The van der Waals surface area contributed by atoms with E-state index >= 15 is 0 Å². The van der Waals surface area contributed by atoms with E-state index in [1.807, 2.05) is 6.07 Å². The molecule has 3 heterocycles. The minimum atomic E-state index is -0.591. The first kappa shape index (κ1) is 21.0. The maximum Gasteiger partial charge on any atom is 0.267 e. The quantitative estimate of drug-likeness (QED) is 0.426. The van der Waals surface area contributed by atoms with Gasteiger partial charge in [0, 0.05) is 6.20 Å². The Morgan fingerprint density at radius 2 is 1.97 bits per heavy atom. The average Bonchev–Trinajstić information content (AvgIpc) is 2.74. The Labute approximate surface area is 187 Å². The van der Waals surface area contributed by atoms with Crippen LogP contribution in [0, 0.1) is 18.3 Å². The van der Waals surface area contributed by atoms with Gasteiger partial charge in [-0.1, -0.05) is 17.7 Å². The SMILES string of the molecule is Cc1ncccc1-n1c(C(C)Nc2nc(N)nc(N)c2C#N)nc2cccc(Cl)c2c1=O. The molecule has 4 aromatic rings. The number of hydrogen-bond acceptors (Lipinski definition) is 9. The average molecular weight is 448 g/mol. The molecule has 0 aliphatic heterocycles. The number of nitrogens with zero attached hydrogens (tertiary/aromatic N) is 6. The Morgan fingerprint density at radius 1 is 1.19 bits per heavy atom. The van der Waals surface area contributed by atoms with E-state index in [-0.39, 0.29) is 28.7 Å². The fourth-order valence-corrected chi connectivity index (χ4v) is 3.67. The Morgan fingerprint density at radius 3 is 2.69 bits per heavy atom. The number of benzene rings is 1. The summed E-state index contributed by atoms with van der Waals surface area (Å²) < 4.78 is 1.45. The van der Waals surface area contributed by atoms with Crippen molar-refractivity contribution in [3.63, 3.8) is 0 Å². The lowest BCUT2D eigenvalue weighted by atomic mass is 10.2. The number of aromatic nitrogens is 5. The van der Waals surface area contributed by atoms with Crippen molar-refractivity contribution >= 4 is 40.1 Å². The number of halogens is 1. The van der Waals surface area contributed by atoms with E-state index in [4.69, 9.17) is 28.1 Å². The summed E-state index contributed by atoms with van der Waals surface area (Å²) in [6.45, 7) is 3.57. The smallest absolute Gasteiger partial charge is 0.267 e. The number of nitrogens with two attached hydrogens (primary N) is 2. The molecule has 10 nitrogen and oxygen atoms in total. The van der Waals surface area contributed by atoms with Gasteiger partial charge in [0.15, 0.2) is 5.82 Å². The van der Waals surface area contributed by atoms with Crippen LogP contribution in [0.3, 0.4) is 0 Å². The molecular formula is C21H18ClN9O. The molecule has 3 aromatic heterocycles. The topological polar surface area (TPSA) is 161 Å². The summed E-state index contributed by atoms with van der Waals surface area (Å²) >= 11 is 6.33. The molecule has 32 heavy (non-hydrogen) atoms. The molecule has 1 atom stereocenters. The molecule has 0 spiro atoms. The highest BCUT2D eigenvalue weighted by atomic mass is 35.5. The van der Waals surface area contributed by atoms with Crippen LogP contribution >= 0.6 is 11.6 Å². The van der Waals surface area contributed by atoms with Gasteiger partial charge in [-0.25, -0.2) is 4.98 Å². The van der Waals surface area contributed by atoms with E-state index in [0.29, 0.717) is 33.1 Å². The highest BCUT2D eigenvalue weighted by molar-refractivity contribution is 6.35. The number of fused-ring (bicyclic) bond motifs is 1. The van der Waals surface area contributed by atoms with Gasteiger partial charge in [-0.15, -0.1) is 0 Å². The van der Waals surface area contributed by atoms with Gasteiger partial charge in [0.2, 0.25) is 5.95 Å². The number of nitriles is 1. The van der Waals surface area contributed by atoms with Crippen LogP contribution in [0.1, 0.15) is 30.0 Å². The number of aryl methyl sites for hydroxylation is 1. The molecule has 160 valence electrons. The lowest BCUT2D eigenvalue weighted by Gasteiger charge is -2.21. The van der Waals surface area contributed by atoms with Crippen molar-refractivity contribution in [3.05, 3.63) is 69.0 Å². The van der Waals surface area contributed by atoms with Gasteiger partial charge in [-0.3, -0.25) is 14.3 Å². The largest absolute Gasteiger partial charge is 0.382 e. The van der Waals surface area contributed by atoms with E-state index in [0.717, 1.165) is 0 Å². The van der Waals surface area contributed by atoms with E-state index < -0.39 is 6.04 Å². The van der Waals surface area contributed by atoms with Crippen LogP contribution in [-0.2, 0) is 0 Å². The third-order valence-electron chi connectivity index (χ3n) is 4.90. The van der Waals surface area contributed by atoms with Gasteiger partial charge >= 0.3 is 0 Å². The molecule has 0 saturated heterocycles. The van der Waals surface area contributed by atoms with Crippen LogP contribution in [-0.4, -0.2) is 24.5 Å². The van der Waals surface area contributed by atoms with E-state index in [9.17, 15) is 10.1 Å². The molecule has 0 bridgehead atoms. The van der Waals surface area contributed by atoms with E-state index in [1.54, 1.807) is 50.4 Å². The lowest BCUT2D eigenvalue weighted by Crippen LogP contribution is -2.28. The van der Waals surface area contributed by atoms with Crippen molar-refractivity contribution in [2.45, 2.75) is 19.9 Å². The number of nitrogens with one attached hydrogen (secondary N) is 1. The number of nitrogen functional groups attached to an aromatic ring is 2. The molecular weight excluding hydrogens is 430 g/mol. The van der Waals surface area contributed by atoms with Crippen molar-refractivity contribution in [2.24, 2.45) is 0 Å². The molecule has 11 heteroatoms. The summed E-state index contributed by atoms with van der Waals surface area (Å²) in [5.74, 6) is 0.365. The zero-order valence-corrected chi connectivity index (χ0v) is 17.9. The number of anilines is 3. The Balaban J connectivity index is 1.97. The first-order valence-corrected chi connectivity index (χ1v) is 9.92. The first-order chi connectivity index (χ1) is 15.3. The van der Waals surface area contributed by atoms with E-state index in [2.05, 4.69) is 20.3 Å². The number of hydrogen-bond donors (Lipinski definition) is 3. The van der Waals surface area contributed by atoms with Gasteiger partial charge < -0.3 is 16.8 Å². The van der Waals surface area contributed by atoms with Crippen molar-refractivity contribution in [1.29, 1.82) is 5.26 Å². The van der Waals surface area contributed by atoms with Crippen LogP contribution in [0.4, 0.5) is 17.6 Å². The van der Waals surface area contributed by atoms with Crippen molar-refractivity contribution in [1.82, 2.24) is 24.5 Å². The molecule has 1 unspecified atom stereocenters. The highest BCUT2D eigenvalue weighted by Crippen LogP contribution is 2.27. The molecule has 5 N–H and O–H groups in total. The second kappa shape index (κ2) is 8.13. The van der Waals surface area contributed by atoms with Crippen LogP contribution in [0.25, 0.3) is 16.6 Å². The predicted octanol–water partition coefficient (Wildman–Crippen LogP) is 2.74. The van der Waals surface area contributed by atoms with Crippen LogP contribution in [0.15, 0.2) is 41.3 Å². The number of pyridine rings is 1. The second-order valence-corrected chi connectivity index (χ2v) is 7.43. The lowest BCUT2D eigenvalue weighted by molar-refractivity contribution is 0.726. The molecule has 0 aliphatic rings. The van der Waals surface area contributed by atoms with Crippen LogP contribution < -0.4 is 22.3 Å². The Kier molecular flexibility index (Phi) is 5.34. The fourth-order valence-electron chi connectivity index (χ4n) is 3.42. The van der Waals surface area contributed by atoms with Gasteiger partial charge in [0.1, 0.15) is 23.3 Å². The third kappa shape index (κ3) is 3.55. The van der Waals surface area contributed by atoms with E-state index in [1.165, 1.54) is 4.57 Å². The van der Waals surface area contributed by atoms with Gasteiger partial charge in [0.05, 0.1) is 33.3 Å². The summed E-state index contributed by atoms with van der Waals surface area (Å²) in [5.41, 5.74) is 12.8. The minimum absolute atomic E-state index is 0.0429. The molecule has 1 aromatic carbocycles. The molecule has 0 aliphatic carbocycles. The summed E-state index contributed by atoms with van der Waals surface area (Å²) in [5, 5.41) is 13.2. The summed E-state index contributed by atoms with van der Waals surface area (Å²) in [6.07, 6.45) is 1.64. The highest BCUT2D eigenvalue weighted by Gasteiger charge is 2.22. The monoisotopic (exact) mass is 447 g/mol. The number of rotatable bonds is 4. The van der Waals surface area contributed by atoms with Gasteiger partial charge in [-0.05, 0) is 38.1 Å².